The Hall–Kier alpha value is -3.68. The van der Waals surface area contributed by atoms with Gasteiger partial charge in [0.15, 0.2) is 0 Å². The van der Waals surface area contributed by atoms with Gasteiger partial charge >= 0.3 is 5.97 Å². The zero-order chi connectivity index (χ0) is 24.6. The Morgan fingerprint density at radius 3 is 2.37 bits per heavy atom. The molecule has 1 heterocycles. The fraction of sp³-hybridized carbons (Fsp3) is 0.286. The minimum Gasteiger partial charge on any atom is -0.478 e. The Morgan fingerprint density at radius 1 is 1.00 bits per heavy atom. The van der Waals surface area contributed by atoms with E-state index in [0.717, 1.165) is 55.2 Å². The number of likely N-dealkylation sites (N-methyl/N-ethyl adjacent to an activating group) is 1. The topological polar surface area (TPSA) is 82.1 Å². The Kier molecular flexibility index (Phi) is 8.13. The molecule has 35 heavy (non-hydrogen) atoms. The Bertz CT molecular complexity index is 1120. The second kappa shape index (κ2) is 11.6. The number of rotatable bonds is 10. The predicted octanol–water partition coefficient (Wildman–Crippen LogP) is 4.71. The van der Waals surface area contributed by atoms with E-state index in [2.05, 4.69) is 22.2 Å². The van der Waals surface area contributed by atoms with E-state index in [4.69, 9.17) is 9.84 Å². The number of ether oxygens (including phenoxy) is 1. The number of nitrogens with one attached hydrogen (secondary N) is 1. The van der Waals surface area contributed by atoms with E-state index in [1.807, 2.05) is 66.7 Å². The molecule has 182 valence electrons. The minimum absolute atomic E-state index is 0.0273. The van der Waals surface area contributed by atoms with Crippen LogP contribution in [0.25, 0.3) is 0 Å². The average Bonchev–Trinajstić information content (AvgIpc) is 3.27. The normalized spacial score (nSPS) is 15.8. The highest BCUT2D eigenvalue weighted by Gasteiger charge is 2.27. The van der Waals surface area contributed by atoms with Gasteiger partial charge in [0, 0.05) is 24.8 Å². The van der Waals surface area contributed by atoms with E-state index in [9.17, 15) is 9.59 Å². The smallest absolute Gasteiger partial charge is 0.335 e. The molecule has 0 aliphatic carbocycles. The quantitative estimate of drug-likeness (QED) is 0.444. The maximum atomic E-state index is 12.7. The summed E-state index contributed by atoms with van der Waals surface area (Å²) in [6, 6.07) is 24.3. The number of anilines is 1. The van der Waals surface area contributed by atoms with Crippen LogP contribution in [-0.2, 0) is 11.3 Å². The molecule has 3 aromatic rings. The first kappa shape index (κ1) is 24.4. The first-order valence-electron chi connectivity index (χ1n) is 11.8. The standard InChI is InChI=1S/C28H31N3O4/c1-30(18-21-9-11-22(12-10-21)28(33)34)19-24-6-5-17-31(24)20-27(32)29-23-13-15-26(16-14-23)35-25-7-3-2-4-8-25/h2-4,7-16,24H,5-6,17-20H2,1H3,(H,29,32)(H,33,34)/t24-/m0/s1. The zero-order valence-electron chi connectivity index (χ0n) is 19.9. The molecular formula is C28H31N3O4. The van der Waals surface area contributed by atoms with Crippen molar-refractivity contribution in [3.8, 4) is 11.5 Å². The van der Waals surface area contributed by atoms with Gasteiger partial charge in [0.05, 0.1) is 12.1 Å². The van der Waals surface area contributed by atoms with E-state index in [1.54, 1.807) is 12.1 Å². The van der Waals surface area contributed by atoms with Gasteiger partial charge in [-0.2, -0.15) is 0 Å². The van der Waals surface area contributed by atoms with Gasteiger partial charge in [-0.15, -0.1) is 0 Å². The van der Waals surface area contributed by atoms with Crippen LogP contribution >= 0.6 is 0 Å². The Morgan fingerprint density at radius 2 is 1.69 bits per heavy atom. The highest BCUT2D eigenvalue weighted by Crippen LogP contribution is 2.23. The summed E-state index contributed by atoms with van der Waals surface area (Å²) in [7, 11) is 2.06. The summed E-state index contributed by atoms with van der Waals surface area (Å²) in [6.45, 7) is 2.84. The molecule has 1 fully saturated rings. The Labute approximate surface area is 205 Å². The van der Waals surface area contributed by atoms with Crippen LogP contribution in [0, 0.1) is 0 Å². The maximum absolute atomic E-state index is 12.7. The summed E-state index contributed by atoms with van der Waals surface area (Å²) in [5.41, 5.74) is 2.11. The fourth-order valence-electron chi connectivity index (χ4n) is 4.41. The van der Waals surface area contributed by atoms with Crippen LogP contribution in [0.5, 0.6) is 11.5 Å². The van der Waals surface area contributed by atoms with Gasteiger partial charge in [-0.3, -0.25) is 9.69 Å². The molecule has 1 aliphatic heterocycles. The number of aromatic carboxylic acids is 1. The molecule has 2 N–H and O–H groups in total. The second-order valence-corrected chi connectivity index (χ2v) is 8.95. The maximum Gasteiger partial charge on any atom is 0.335 e. The number of para-hydroxylation sites is 1. The summed E-state index contributed by atoms with van der Waals surface area (Å²) in [5.74, 6) is 0.544. The van der Waals surface area contributed by atoms with Crippen LogP contribution < -0.4 is 10.1 Å². The lowest BCUT2D eigenvalue weighted by atomic mass is 10.1. The van der Waals surface area contributed by atoms with Crippen molar-refractivity contribution in [3.05, 3.63) is 90.0 Å². The molecule has 1 amide bonds. The molecule has 7 heteroatoms. The summed E-state index contributed by atoms with van der Waals surface area (Å²) < 4.78 is 5.80. The van der Waals surface area contributed by atoms with E-state index >= 15 is 0 Å². The van der Waals surface area contributed by atoms with Crippen LogP contribution in [0.2, 0.25) is 0 Å². The monoisotopic (exact) mass is 473 g/mol. The van der Waals surface area contributed by atoms with Crippen molar-refractivity contribution in [1.29, 1.82) is 0 Å². The molecule has 0 saturated carbocycles. The highest BCUT2D eigenvalue weighted by molar-refractivity contribution is 5.92. The number of carbonyl (C=O) groups excluding carboxylic acids is 1. The van der Waals surface area contributed by atoms with Crippen molar-refractivity contribution in [3.63, 3.8) is 0 Å². The van der Waals surface area contributed by atoms with Gasteiger partial charge in [0.2, 0.25) is 5.91 Å². The molecular weight excluding hydrogens is 442 g/mol. The van der Waals surface area contributed by atoms with Crippen molar-refractivity contribution in [2.24, 2.45) is 0 Å². The van der Waals surface area contributed by atoms with Gasteiger partial charge in [-0.05, 0) is 80.5 Å². The SMILES string of the molecule is CN(Cc1ccc(C(=O)O)cc1)C[C@@H]1CCCN1CC(=O)Nc1ccc(Oc2ccccc2)cc1. The van der Waals surface area contributed by atoms with E-state index in [0.29, 0.717) is 18.2 Å². The number of carboxylic acids is 1. The Balaban J connectivity index is 1.25. The molecule has 1 atom stereocenters. The van der Waals surface area contributed by atoms with Crippen molar-refractivity contribution >= 4 is 17.6 Å². The summed E-state index contributed by atoms with van der Waals surface area (Å²) in [4.78, 5) is 28.2. The van der Waals surface area contributed by atoms with Gasteiger partial charge in [-0.25, -0.2) is 4.79 Å². The molecule has 0 bridgehead atoms. The summed E-state index contributed by atoms with van der Waals surface area (Å²) in [5, 5.41) is 12.0. The van der Waals surface area contributed by atoms with Crippen molar-refractivity contribution < 1.29 is 19.4 Å². The predicted molar refractivity (Wildman–Crippen MR) is 136 cm³/mol. The first-order valence-corrected chi connectivity index (χ1v) is 11.8. The number of carbonyl (C=O) groups is 2. The summed E-state index contributed by atoms with van der Waals surface area (Å²) >= 11 is 0. The lowest BCUT2D eigenvalue weighted by Crippen LogP contribution is -2.42. The molecule has 0 radical (unpaired) electrons. The third-order valence-electron chi connectivity index (χ3n) is 6.14. The molecule has 1 saturated heterocycles. The van der Waals surface area contributed by atoms with Crippen molar-refractivity contribution in [1.82, 2.24) is 9.80 Å². The van der Waals surface area contributed by atoms with Crippen molar-refractivity contribution in [2.45, 2.75) is 25.4 Å². The van der Waals surface area contributed by atoms with Gasteiger partial charge in [0.25, 0.3) is 0 Å². The zero-order valence-corrected chi connectivity index (χ0v) is 19.9. The third-order valence-corrected chi connectivity index (χ3v) is 6.14. The molecule has 0 spiro atoms. The number of carboxylic acid groups (broad SMARTS) is 1. The number of benzene rings is 3. The van der Waals surface area contributed by atoms with E-state index in [-0.39, 0.29) is 5.91 Å². The van der Waals surface area contributed by atoms with Gasteiger partial charge in [0.1, 0.15) is 11.5 Å². The summed E-state index contributed by atoms with van der Waals surface area (Å²) in [6.07, 6.45) is 2.13. The molecule has 3 aromatic carbocycles. The van der Waals surface area contributed by atoms with Crippen LogP contribution in [0.15, 0.2) is 78.9 Å². The minimum atomic E-state index is -0.916. The first-order chi connectivity index (χ1) is 17.0. The molecule has 0 unspecified atom stereocenters. The lowest BCUT2D eigenvalue weighted by molar-refractivity contribution is -0.117. The van der Waals surface area contributed by atoms with E-state index in [1.165, 1.54) is 0 Å². The van der Waals surface area contributed by atoms with Crippen LogP contribution in [0.4, 0.5) is 5.69 Å². The molecule has 1 aliphatic rings. The highest BCUT2D eigenvalue weighted by atomic mass is 16.5. The number of nitrogens with zero attached hydrogens (tertiary/aromatic N) is 2. The number of likely N-dealkylation sites (tertiary alicyclic amines) is 1. The average molecular weight is 474 g/mol. The fourth-order valence-corrected chi connectivity index (χ4v) is 4.41. The lowest BCUT2D eigenvalue weighted by Gasteiger charge is -2.28. The van der Waals surface area contributed by atoms with Crippen LogP contribution in [-0.4, -0.2) is 59.5 Å². The largest absolute Gasteiger partial charge is 0.478 e. The number of amides is 1. The molecule has 4 rings (SSSR count). The second-order valence-electron chi connectivity index (χ2n) is 8.95. The van der Waals surface area contributed by atoms with Gasteiger partial charge < -0.3 is 20.1 Å². The van der Waals surface area contributed by atoms with Gasteiger partial charge in [-0.1, -0.05) is 30.3 Å². The number of hydrogen-bond donors (Lipinski definition) is 2. The number of hydrogen-bond acceptors (Lipinski definition) is 5. The van der Waals surface area contributed by atoms with E-state index < -0.39 is 5.97 Å². The molecule has 0 aromatic heterocycles. The van der Waals surface area contributed by atoms with Crippen molar-refractivity contribution in [2.75, 3.05) is 32.0 Å². The molecule has 7 nitrogen and oxygen atoms in total. The van der Waals surface area contributed by atoms with Crippen LogP contribution in [0.1, 0.15) is 28.8 Å². The van der Waals surface area contributed by atoms with Crippen LogP contribution in [0.3, 0.4) is 0 Å². The third kappa shape index (κ3) is 7.15.